The van der Waals surface area contributed by atoms with E-state index in [1.165, 1.54) is 0 Å². The zero-order valence-electron chi connectivity index (χ0n) is 9.90. The van der Waals surface area contributed by atoms with Crippen molar-refractivity contribution in [3.63, 3.8) is 0 Å². The predicted octanol–water partition coefficient (Wildman–Crippen LogP) is 1.48. The van der Waals surface area contributed by atoms with Crippen LogP contribution < -0.4 is 15.2 Å². The molecule has 5 nitrogen and oxygen atoms in total. The second kappa shape index (κ2) is 6.17. The van der Waals surface area contributed by atoms with Gasteiger partial charge in [0.1, 0.15) is 6.10 Å². The van der Waals surface area contributed by atoms with Crippen molar-refractivity contribution in [2.24, 2.45) is 0 Å². The molecule has 0 spiro atoms. The van der Waals surface area contributed by atoms with E-state index in [2.05, 4.69) is 4.98 Å². The number of ether oxygens (including phenoxy) is 3. The van der Waals surface area contributed by atoms with Crippen molar-refractivity contribution in [2.75, 3.05) is 26.1 Å². The lowest BCUT2D eigenvalue weighted by Crippen LogP contribution is -2.18. The molecule has 1 heterocycles. The number of nitrogens with zero attached hydrogens (tertiary/aromatic N) is 1. The molecule has 0 fully saturated rings. The average Bonchev–Trinajstić information content (AvgIpc) is 2.24. The minimum Gasteiger partial charge on any atom is -0.476 e. The molecule has 16 heavy (non-hydrogen) atoms. The first kappa shape index (κ1) is 12.6. The van der Waals surface area contributed by atoms with Crippen LogP contribution in [0.15, 0.2) is 12.1 Å². The largest absolute Gasteiger partial charge is 0.476 e. The van der Waals surface area contributed by atoms with Crippen molar-refractivity contribution in [2.45, 2.75) is 20.0 Å². The van der Waals surface area contributed by atoms with Crippen LogP contribution in [0.25, 0.3) is 0 Å². The molecule has 0 aliphatic heterocycles. The molecule has 0 saturated carbocycles. The van der Waals surface area contributed by atoms with Gasteiger partial charge in [-0.3, -0.25) is 0 Å². The lowest BCUT2D eigenvalue weighted by atomic mass is 10.4. The summed E-state index contributed by atoms with van der Waals surface area (Å²) in [6, 6.07) is 3.43. The molecule has 5 heteroatoms. The van der Waals surface area contributed by atoms with Gasteiger partial charge in [0, 0.05) is 13.2 Å². The van der Waals surface area contributed by atoms with Crippen LogP contribution >= 0.6 is 0 Å². The zero-order valence-corrected chi connectivity index (χ0v) is 9.90. The summed E-state index contributed by atoms with van der Waals surface area (Å²) < 4.78 is 15.8. The molecule has 0 aliphatic carbocycles. The van der Waals surface area contributed by atoms with Gasteiger partial charge in [0.25, 0.3) is 0 Å². The highest BCUT2D eigenvalue weighted by Gasteiger charge is 2.08. The number of anilines is 1. The van der Waals surface area contributed by atoms with Crippen LogP contribution in [0.1, 0.15) is 13.8 Å². The fourth-order valence-corrected chi connectivity index (χ4v) is 1.23. The quantitative estimate of drug-likeness (QED) is 0.795. The summed E-state index contributed by atoms with van der Waals surface area (Å²) in [5.74, 6) is 0.895. The van der Waals surface area contributed by atoms with Gasteiger partial charge in [-0.25, -0.2) is 0 Å². The number of rotatable bonds is 6. The van der Waals surface area contributed by atoms with E-state index in [1.807, 2.05) is 13.8 Å². The summed E-state index contributed by atoms with van der Waals surface area (Å²) in [5, 5.41) is 0. The summed E-state index contributed by atoms with van der Waals surface area (Å²) in [5.41, 5.74) is 6.21. The van der Waals surface area contributed by atoms with Gasteiger partial charge in [-0.1, -0.05) is 0 Å². The maximum absolute atomic E-state index is 5.70. The van der Waals surface area contributed by atoms with Gasteiger partial charge < -0.3 is 19.9 Å². The predicted molar refractivity (Wildman–Crippen MR) is 61.8 cm³/mol. The Labute approximate surface area is 95.5 Å². The van der Waals surface area contributed by atoms with Crippen LogP contribution in [0.4, 0.5) is 5.69 Å². The standard InChI is InChI=1S/C11H18N2O3/c1-4-15-11-9(12)5-6-10(13-11)16-8(2)7-14-3/h5-6,8H,4,7,12H2,1-3H3. The Hall–Kier alpha value is -1.49. The van der Waals surface area contributed by atoms with E-state index in [0.717, 1.165) is 0 Å². The fourth-order valence-electron chi connectivity index (χ4n) is 1.23. The van der Waals surface area contributed by atoms with Gasteiger partial charge in [0.15, 0.2) is 0 Å². The van der Waals surface area contributed by atoms with E-state index in [1.54, 1.807) is 19.2 Å². The molecule has 1 aromatic rings. The first-order valence-corrected chi connectivity index (χ1v) is 5.22. The number of pyridine rings is 1. The number of methoxy groups -OCH3 is 1. The molecule has 0 saturated heterocycles. The summed E-state index contributed by atoms with van der Waals surface area (Å²) in [6.45, 7) is 4.81. The fraction of sp³-hybridized carbons (Fsp3) is 0.545. The van der Waals surface area contributed by atoms with E-state index < -0.39 is 0 Å². The van der Waals surface area contributed by atoms with Crippen LogP contribution in [-0.4, -0.2) is 31.4 Å². The maximum atomic E-state index is 5.70. The van der Waals surface area contributed by atoms with Gasteiger partial charge in [-0.05, 0) is 19.9 Å². The zero-order chi connectivity index (χ0) is 12.0. The van der Waals surface area contributed by atoms with Gasteiger partial charge in [0.2, 0.25) is 11.8 Å². The van der Waals surface area contributed by atoms with Crippen LogP contribution in [-0.2, 0) is 4.74 Å². The Kier molecular flexibility index (Phi) is 4.85. The van der Waals surface area contributed by atoms with Gasteiger partial charge in [-0.15, -0.1) is 0 Å². The van der Waals surface area contributed by atoms with Gasteiger partial charge >= 0.3 is 0 Å². The van der Waals surface area contributed by atoms with Crippen LogP contribution in [0.2, 0.25) is 0 Å². The Morgan fingerprint density at radius 1 is 1.44 bits per heavy atom. The molecule has 0 radical (unpaired) electrons. The Balaban J connectivity index is 2.70. The topological polar surface area (TPSA) is 66.6 Å². The Morgan fingerprint density at radius 3 is 2.81 bits per heavy atom. The second-order valence-electron chi connectivity index (χ2n) is 3.36. The average molecular weight is 226 g/mol. The smallest absolute Gasteiger partial charge is 0.240 e. The Morgan fingerprint density at radius 2 is 2.19 bits per heavy atom. The monoisotopic (exact) mass is 226 g/mol. The van der Waals surface area contributed by atoms with Crippen molar-refractivity contribution in [1.82, 2.24) is 4.98 Å². The van der Waals surface area contributed by atoms with E-state index in [-0.39, 0.29) is 6.10 Å². The van der Waals surface area contributed by atoms with E-state index in [4.69, 9.17) is 19.9 Å². The molecule has 1 aromatic heterocycles. The normalized spacial score (nSPS) is 12.2. The number of nitrogens with two attached hydrogens (primary N) is 1. The highest BCUT2D eigenvalue weighted by molar-refractivity contribution is 5.49. The molecule has 0 aromatic carbocycles. The number of nitrogen functional groups attached to an aromatic ring is 1. The van der Waals surface area contributed by atoms with Crippen LogP contribution in [0.3, 0.4) is 0 Å². The molecule has 2 N–H and O–H groups in total. The van der Waals surface area contributed by atoms with Gasteiger partial charge in [-0.2, -0.15) is 4.98 Å². The molecule has 90 valence electrons. The lowest BCUT2D eigenvalue weighted by Gasteiger charge is -2.14. The van der Waals surface area contributed by atoms with Crippen molar-refractivity contribution in [1.29, 1.82) is 0 Å². The molecular weight excluding hydrogens is 208 g/mol. The van der Waals surface area contributed by atoms with Gasteiger partial charge in [0.05, 0.1) is 18.9 Å². The molecule has 0 aliphatic rings. The number of hydrogen-bond acceptors (Lipinski definition) is 5. The molecule has 0 amide bonds. The number of aromatic nitrogens is 1. The highest BCUT2D eigenvalue weighted by atomic mass is 16.5. The Bertz CT molecular complexity index is 331. The van der Waals surface area contributed by atoms with E-state index in [9.17, 15) is 0 Å². The summed E-state index contributed by atoms with van der Waals surface area (Å²) in [4.78, 5) is 4.16. The minimum atomic E-state index is -0.0596. The summed E-state index contributed by atoms with van der Waals surface area (Å²) >= 11 is 0. The van der Waals surface area contributed by atoms with Crippen molar-refractivity contribution < 1.29 is 14.2 Å². The molecule has 1 unspecified atom stereocenters. The lowest BCUT2D eigenvalue weighted by molar-refractivity contribution is 0.0884. The third-order valence-corrected chi connectivity index (χ3v) is 1.87. The minimum absolute atomic E-state index is 0.0596. The molecular formula is C11H18N2O3. The summed E-state index contributed by atoms with van der Waals surface area (Å²) in [7, 11) is 1.63. The third-order valence-electron chi connectivity index (χ3n) is 1.87. The molecule has 1 rings (SSSR count). The third kappa shape index (κ3) is 3.58. The first-order chi connectivity index (χ1) is 7.67. The summed E-state index contributed by atoms with van der Waals surface area (Å²) in [6.07, 6.45) is -0.0596. The molecule has 0 bridgehead atoms. The van der Waals surface area contributed by atoms with Crippen molar-refractivity contribution in [3.05, 3.63) is 12.1 Å². The van der Waals surface area contributed by atoms with Crippen molar-refractivity contribution in [3.8, 4) is 11.8 Å². The maximum Gasteiger partial charge on any atom is 0.240 e. The van der Waals surface area contributed by atoms with E-state index in [0.29, 0.717) is 30.7 Å². The van der Waals surface area contributed by atoms with Crippen molar-refractivity contribution >= 4 is 5.69 Å². The number of hydrogen-bond donors (Lipinski definition) is 1. The second-order valence-corrected chi connectivity index (χ2v) is 3.36. The first-order valence-electron chi connectivity index (χ1n) is 5.22. The van der Waals surface area contributed by atoms with E-state index >= 15 is 0 Å². The van der Waals surface area contributed by atoms with Crippen LogP contribution in [0.5, 0.6) is 11.8 Å². The highest BCUT2D eigenvalue weighted by Crippen LogP contribution is 2.22. The van der Waals surface area contributed by atoms with Crippen LogP contribution in [0, 0.1) is 0 Å². The SMILES string of the molecule is CCOc1nc(OC(C)COC)ccc1N. The molecule has 1 atom stereocenters.